The summed E-state index contributed by atoms with van der Waals surface area (Å²) < 4.78 is 5.54. The van der Waals surface area contributed by atoms with Crippen LogP contribution in [0.25, 0.3) is 0 Å². The summed E-state index contributed by atoms with van der Waals surface area (Å²) in [6, 6.07) is 7.66. The lowest BCUT2D eigenvalue weighted by molar-refractivity contribution is -0.139. The third kappa shape index (κ3) is 2.37. The molecule has 2 aliphatic rings. The molecule has 3 rings (SSSR count). The largest absolute Gasteiger partial charge is 0.426 e. The van der Waals surface area contributed by atoms with Gasteiger partial charge in [-0.2, -0.15) is 0 Å². The van der Waals surface area contributed by atoms with E-state index in [1.54, 1.807) is 0 Å². The van der Waals surface area contributed by atoms with E-state index in [2.05, 4.69) is 12.2 Å². The predicted molar refractivity (Wildman–Crippen MR) is 75.2 cm³/mol. The summed E-state index contributed by atoms with van der Waals surface area (Å²) in [5.41, 5.74) is 1.04. The van der Waals surface area contributed by atoms with Crippen molar-refractivity contribution in [3.63, 3.8) is 0 Å². The predicted octanol–water partition coefficient (Wildman–Crippen LogP) is 2.87. The minimum absolute atomic E-state index is 0.0537. The minimum Gasteiger partial charge on any atom is -0.426 e. The molecule has 0 amide bonds. The van der Waals surface area contributed by atoms with Gasteiger partial charge < -0.3 is 9.64 Å². The lowest BCUT2D eigenvalue weighted by atomic mass is 9.94. The summed E-state index contributed by atoms with van der Waals surface area (Å²) in [6.45, 7) is 0. The molecule has 1 saturated carbocycles. The Morgan fingerprint density at radius 3 is 2.74 bits per heavy atom. The highest BCUT2D eigenvalue weighted by molar-refractivity contribution is 5.77. The molecule has 19 heavy (non-hydrogen) atoms. The molecule has 3 nitrogen and oxygen atoms in total. The van der Waals surface area contributed by atoms with E-state index in [1.165, 1.54) is 0 Å². The molecule has 0 N–H and O–H groups in total. The van der Waals surface area contributed by atoms with Crippen LogP contribution in [-0.2, 0) is 4.79 Å². The molecule has 0 aliphatic heterocycles. The number of benzene rings is 1. The van der Waals surface area contributed by atoms with E-state index in [4.69, 9.17) is 4.74 Å². The zero-order chi connectivity index (χ0) is 13.4. The first kappa shape index (κ1) is 12.3. The molecule has 0 spiro atoms. The van der Waals surface area contributed by atoms with Crippen LogP contribution < -0.4 is 9.64 Å². The molecule has 0 saturated heterocycles. The lowest BCUT2D eigenvalue weighted by Crippen LogP contribution is -2.24. The first-order valence-corrected chi connectivity index (χ1v) is 6.81. The number of ether oxygens (including phenoxy) is 1. The fourth-order valence-electron chi connectivity index (χ4n) is 3.07. The summed E-state index contributed by atoms with van der Waals surface area (Å²) >= 11 is 0. The smallest absolute Gasteiger partial charge is 0.314 e. The van der Waals surface area contributed by atoms with E-state index in [9.17, 15) is 4.79 Å². The first-order valence-electron chi connectivity index (χ1n) is 6.81. The zero-order valence-corrected chi connectivity index (χ0v) is 11.4. The number of fused-ring (bicyclic) bond motifs is 2. The van der Waals surface area contributed by atoms with Crippen molar-refractivity contribution < 1.29 is 9.53 Å². The summed E-state index contributed by atoms with van der Waals surface area (Å²) in [5.74, 6) is 1.61. The second-order valence-electron chi connectivity index (χ2n) is 5.70. The zero-order valence-electron chi connectivity index (χ0n) is 11.4. The molecular formula is C16H19NO2. The Hall–Kier alpha value is -1.77. The Kier molecular flexibility index (Phi) is 3.05. The molecule has 3 heteroatoms. The van der Waals surface area contributed by atoms with Crippen LogP contribution in [0.5, 0.6) is 5.75 Å². The number of rotatable bonds is 3. The monoisotopic (exact) mass is 257 g/mol. The van der Waals surface area contributed by atoms with Gasteiger partial charge >= 0.3 is 5.97 Å². The maximum Gasteiger partial charge on any atom is 0.314 e. The topological polar surface area (TPSA) is 29.5 Å². The van der Waals surface area contributed by atoms with Crippen molar-refractivity contribution in [1.29, 1.82) is 0 Å². The average Bonchev–Trinajstić information content (AvgIpc) is 3.01. The van der Waals surface area contributed by atoms with Gasteiger partial charge in [0.25, 0.3) is 0 Å². The van der Waals surface area contributed by atoms with Gasteiger partial charge in [-0.05, 0) is 36.8 Å². The molecule has 1 fully saturated rings. The molecule has 0 heterocycles. The molecule has 1 aromatic rings. The Balaban J connectivity index is 1.70. The van der Waals surface area contributed by atoms with E-state index in [1.807, 2.05) is 43.3 Å². The van der Waals surface area contributed by atoms with Gasteiger partial charge in [0, 0.05) is 25.8 Å². The lowest BCUT2D eigenvalue weighted by Gasteiger charge is -2.17. The normalized spacial score (nSPS) is 27.6. The Bertz CT molecular complexity index is 521. The van der Waals surface area contributed by atoms with Crippen molar-refractivity contribution >= 4 is 11.7 Å². The fourth-order valence-corrected chi connectivity index (χ4v) is 3.07. The van der Waals surface area contributed by atoms with Gasteiger partial charge in [-0.25, -0.2) is 0 Å². The van der Waals surface area contributed by atoms with Crippen molar-refractivity contribution in [2.75, 3.05) is 19.0 Å². The highest BCUT2D eigenvalue weighted by Crippen LogP contribution is 2.44. The molecule has 0 radical (unpaired) electrons. The Morgan fingerprint density at radius 2 is 2.11 bits per heavy atom. The molecule has 1 aromatic carbocycles. The van der Waals surface area contributed by atoms with Crippen LogP contribution in [0, 0.1) is 17.8 Å². The van der Waals surface area contributed by atoms with Crippen LogP contribution in [0.4, 0.5) is 5.69 Å². The minimum atomic E-state index is -0.0762. The highest BCUT2D eigenvalue weighted by atomic mass is 16.5. The van der Waals surface area contributed by atoms with Crippen LogP contribution in [0.15, 0.2) is 36.4 Å². The van der Waals surface area contributed by atoms with Gasteiger partial charge in [0.2, 0.25) is 0 Å². The number of carbonyl (C=O) groups is 1. The van der Waals surface area contributed by atoms with Crippen molar-refractivity contribution in [1.82, 2.24) is 0 Å². The molecule has 2 bridgehead atoms. The van der Waals surface area contributed by atoms with E-state index in [0.717, 1.165) is 18.5 Å². The van der Waals surface area contributed by atoms with Crippen LogP contribution in [0.1, 0.15) is 12.8 Å². The van der Waals surface area contributed by atoms with Gasteiger partial charge in [0.05, 0.1) is 5.92 Å². The summed E-state index contributed by atoms with van der Waals surface area (Å²) in [6.07, 6.45) is 6.49. The summed E-state index contributed by atoms with van der Waals surface area (Å²) in [5, 5.41) is 0. The van der Waals surface area contributed by atoms with Gasteiger partial charge in [-0.15, -0.1) is 0 Å². The fraction of sp³-hybridized carbons (Fsp3) is 0.438. The molecular weight excluding hydrogens is 238 g/mol. The number of carbonyl (C=O) groups excluding carboxylic acids is 1. The Morgan fingerprint density at radius 1 is 1.26 bits per heavy atom. The first-order chi connectivity index (χ1) is 9.13. The highest BCUT2D eigenvalue weighted by Gasteiger charge is 2.40. The van der Waals surface area contributed by atoms with Gasteiger partial charge in [-0.1, -0.05) is 18.2 Å². The summed E-state index contributed by atoms with van der Waals surface area (Å²) in [4.78, 5) is 14.2. The maximum absolute atomic E-state index is 12.2. The molecule has 0 aromatic heterocycles. The number of nitrogens with zero attached hydrogens (tertiary/aromatic N) is 1. The van der Waals surface area contributed by atoms with E-state index in [-0.39, 0.29) is 11.9 Å². The molecule has 3 unspecified atom stereocenters. The van der Waals surface area contributed by atoms with Crippen molar-refractivity contribution in [2.24, 2.45) is 17.8 Å². The Labute approximate surface area is 113 Å². The number of allylic oxidation sites excluding steroid dienone is 2. The van der Waals surface area contributed by atoms with Crippen molar-refractivity contribution in [3.8, 4) is 5.75 Å². The van der Waals surface area contributed by atoms with Crippen LogP contribution >= 0.6 is 0 Å². The molecule has 100 valence electrons. The molecule has 3 atom stereocenters. The number of hydrogen-bond acceptors (Lipinski definition) is 3. The second kappa shape index (κ2) is 4.72. The third-order valence-corrected chi connectivity index (χ3v) is 4.13. The van der Waals surface area contributed by atoms with E-state index in [0.29, 0.717) is 17.6 Å². The SMILES string of the molecule is CN(C)c1cccc(OC(=O)C2CC3C=CC2C3)c1. The second-order valence-corrected chi connectivity index (χ2v) is 5.70. The van der Waals surface area contributed by atoms with Crippen molar-refractivity contribution in [3.05, 3.63) is 36.4 Å². The van der Waals surface area contributed by atoms with Crippen LogP contribution in [-0.4, -0.2) is 20.1 Å². The van der Waals surface area contributed by atoms with Gasteiger partial charge in [-0.3, -0.25) is 4.79 Å². The standard InChI is InChI=1S/C16H19NO2/c1-17(2)13-4-3-5-14(10-13)19-16(18)15-9-11-6-7-12(15)8-11/h3-7,10-12,15H,8-9H2,1-2H3. The number of esters is 1. The average molecular weight is 257 g/mol. The van der Waals surface area contributed by atoms with Crippen LogP contribution in [0.3, 0.4) is 0 Å². The van der Waals surface area contributed by atoms with Gasteiger partial charge in [0.15, 0.2) is 0 Å². The quantitative estimate of drug-likeness (QED) is 0.474. The molecule has 2 aliphatic carbocycles. The van der Waals surface area contributed by atoms with Crippen molar-refractivity contribution in [2.45, 2.75) is 12.8 Å². The number of anilines is 1. The van der Waals surface area contributed by atoms with Crippen LogP contribution in [0.2, 0.25) is 0 Å². The maximum atomic E-state index is 12.2. The third-order valence-electron chi connectivity index (χ3n) is 4.13. The van der Waals surface area contributed by atoms with Gasteiger partial charge in [0.1, 0.15) is 5.75 Å². The number of hydrogen-bond donors (Lipinski definition) is 0. The van der Waals surface area contributed by atoms with E-state index >= 15 is 0 Å². The van der Waals surface area contributed by atoms with E-state index < -0.39 is 0 Å². The summed E-state index contributed by atoms with van der Waals surface area (Å²) in [7, 11) is 3.95.